The fourth-order valence-electron chi connectivity index (χ4n) is 4.97. The lowest BCUT2D eigenvalue weighted by molar-refractivity contribution is 0.0361. The molecule has 36 heavy (non-hydrogen) atoms. The molecule has 2 aromatic heterocycles. The number of hydrogen-bond donors (Lipinski definition) is 4. The van der Waals surface area contributed by atoms with E-state index < -0.39 is 11.7 Å². The maximum atomic E-state index is 14.9. The Hall–Kier alpha value is -3.28. The van der Waals surface area contributed by atoms with Gasteiger partial charge in [0, 0.05) is 37.1 Å². The minimum absolute atomic E-state index is 0.0253. The van der Waals surface area contributed by atoms with Crippen molar-refractivity contribution in [1.82, 2.24) is 19.7 Å². The maximum Gasteiger partial charge on any atom is 0.252 e. The average Bonchev–Trinajstić information content (AvgIpc) is 3.30. The number of anilines is 3. The molecule has 10 nitrogen and oxygen atoms in total. The van der Waals surface area contributed by atoms with Gasteiger partial charge in [0.2, 0.25) is 0 Å². The fraction of sp³-hybridized carbons (Fsp3) is 0.480. The van der Waals surface area contributed by atoms with Crippen LogP contribution in [0.15, 0.2) is 30.5 Å². The van der Waals surface area contributed by atoms with E-state index in [0.717, 1.165) is 82.0 Å². The molecule has 192 valence electrons. The Morgan fingerprint density at radius 1 is 1.17 bits per heavy atom. The zero-order valence-electron chi connectivity index (χ0n) is 20.3. The van der Waals surface area contributed by atoms with Crippen LogP contribution < -0.4 is 22.1 Å². The molecule has 5 rings (SSSR count). The van der Waals surface area contributed by atoms with Crippen LogP contribution in [-0.4, -0.2) is 70.5 Å². The first-order valence-corrected chi connectivity index (χ1v) is 12.5. The van der Waals surface area contributed by atoms with Crippen molar-refractivity contribution in [3.63, 3.8) is 0 Å². The van der Waals surface area contributed by atoms with E-state index >= 15 is 0 Å². The maximum absolute atomic E-state index is 14.9. The summed E-state index contributed by atoms with van der Waals surface area (Å²) < 4.78 is 22.3. The van der Waals surface area contributed by atoms with Gasteiger partial charge in [-0.05, 0) is 31.0 Å². The molecule has 3 aromatic rings. The molecule has 3 heterocycles. The Labute approximate surface area is 209 Å². The molecule has 0 bridgehead atoms. The molecule has 2 aliphatic rings. The number of hydrogen-bond acceptors (Lipinski definition) is 8. The van der Waals surface area contributed by atoms with Gasteiger partial charge in [0.1, 0.15) is 5.82 Å². The topological polar surface area (TPSA) is 136 Å². The van der Waals surface area contributed by atoms with E-state index in [1.165, 1.54) is 0 Å². The lowest BCUT2D eigenvalue weighted by atomic mass is 9.91. The summed E-state index contributed by atoms with van der Waals surface area (Å²) in [7, 11) is 0. The van der Waals surface area contributed by atoms with Gasteiger partial charge >= 0.3 is 0 Å². The number of ether oxygens (including phenoxy) is 1. The normalized spacial score (nSPS) is 20.9. The smallest absolute Gasteiger partial charge is 0.252 e. The first kappa shape index (κ1) is 24.4. The Bertz CT molecular complexity index is 1230. The number of carbonyl (C=O) groups excluding carboxylic acids is 1. The fourth-order valence-corrected chi connectivity index (χ4v) is 4.97. The van der Waals surface area contributed by atoms with E-state index in [4.69, 9.17) is 16.2 Å². The highest BCUT2D eigenvalue weighted by Gasteiger charge is 2.25. The second-order valence-corrected chi connectivity index (χ2v) is 9.46. The number of primary amides is 1. The van der Waals surface area contributed by atoms with E-state index in [9.17, 15) is 9.18 Å². The molecule has 1 saturated heterocycles. The summed E-state index contributed by atoms with van der Waals surface area (Å²) in [4.78, 5) is 18.9. The highest BCUT2D eigenvalue weighted by Crippen LogP contribution is 2.30. The largest absolute Gasteiger partial charge is 0.379 e. The van der Waals surface area contributed by atoms with Gasteiger partial charge in [-0.1, -0.05) is 18.9 Å². The zero-order valence-corrected chi connectivity index (χ0v) is 20.3. The lowest BCUT2D eigenvalue weighted by Crippen LogP contribution is -2.43. The van der Waals surface area contributed by atoms with Crippen LogP contribution >= 0.6 is 0 Å². The van der Waals surface area contributed by atoms with Gasteiger partial charge in [0.25, 0.3) is 5.91 Å². The highest BCUT2D eigenvalue weighted by atomic mass is 19.1. The molecule has 1 saturated carbocycles. The van der Waals surface area contributed by atoms with E-state index in [-0.39, 0.29) is 29.3 Å². The quantitative estimate of drug-likeness (QED) is 0.373. The van der Waals surface area contributed by atoms with Gasteiger partial charge in [-0.2, -0.15) is 5.10 Å². The van der Waals surface area contributed by atoms with Crippen molar-refractivity contribution in [2.75, 3.05) is 43.5 Å². The number of morpholine rings is 1. The monoisotopic (exact) mass is 496 g/mol. The van der Waals surface area contributed by atoms with Gasteiger partial charge in [-0.15, -0.1) is 0 Å². The minimum atomic E-state index is -0.766. The average molecular weight is 497 g/mol. The van der Waals surface area contributed by atoms with Gasteiger partial charge < -0.3 is 26.8 Å². The van der Waals surface area contributed by atoms with Crippen molar-refractivity contribution in [1.29, 1.82) is 0 Å². The van der Waals surface area contributed by atoms with Crippen molar-refractivity contribution in [3.8, 4) is 0 Å². The number of amides is 1. The molecule has 6 N–H and O–H groups in total. The number of nitrogens with two attached hydrogens (primary N) is 2. The molecule has 2 fully saturated rings. The first-order chi connectivity index (χ1) is 17.5. The van der Waals surface area contributed by atoms with Crippen LogP contribution in [0.25, 0.3) is 10.9 Å². The summed E-state index contributed by atoms with van der Waals surface area (Å²) in [5.41, 5.74) is 13.4. The number of nitrogens with zero attached hydrogens (tertiary/aromatic N) is 4. The SMILES string of the molecule is NC(=O)c1cc(F)c(NC2CCCC[C@@H]2N)nc1Nc1cccc2c1cnn2CCN1CCOCC1. The van der Waals surface area contributed by atoms with E-state index in [1.54, 1.807) is 6.20 Å². The summed E-state index contributed by atoms with van der Waals surface area (Å²) in [6.07, 6.45) is 5.58. The molecular weight excluding hydrogens is 463 g/mol. The molecule has 1 amide bonds. The lowest BCUT2D eigenvalue weighted by Gasteiger charge is -2.30. The van der Waals surface area contributed by atoms with Crippen LogP contribution in [0.2, 0.25) is 0 Å². The second-order valence-electron chi connectivity index (χ2n) is 9.46. The summed E-state index contributed by atoms with van der Waals surface area (Å²) in [5, 5.41) is 11.8. The molecule has 0 radical (unpaired) electrons. The number of benzene rings is 1. The predicted octanol–water partition coefficient (Wildman–Crippen LogP) is 2.43. The molecular formula is C25H33FN8O2. The summed E-state index contributed by atoms with van der Waals surface area (Å²) in [6, 6.07) is 6.74. The third-order valence-electron chi connectivity index (χ3n) is 7.06. The van der Waals surface area contributed by atoms with Crippen LogP contribution in [0.5, 0.6) is 0 Å². The molecule has 1 unspecified atom stereocenters. The first-order valence-electron chi connectivity index (χ1n) is 12.5. The van der Waals surface area contributed by atoms with Crippen LogP contribution in [0.3, 0.4) is 0 Å². The van der Waals surface area contributed by atoms with Gasteiger partial charge in [0.15, 0.2) is 11.6 Å². The number of aromatic nitrogens is 3. The van der Waals surface area contributed by atoms with Gasteiger partial charge in [0.05, 0.1) is 42.7 Å². The number of fused-ring (bicyclic) bond motifs is 1. The Kier molecular flexibility index (Phi) is 7.30. The minimum Gasteiger partial charge on any atom is -0.379 e. The number of halogens is 1. The Morgan fingerprint density at radius 2 is 1.97 bits per heavy atom. The van der Waals surface area contributed by atoms with Crippen molar-refractivity contribution < 1.29 is 13.9 Å². The number of pyridine rings is 1. The Morgan fingerprint density at radius 3 is 2.75 bits per heavy atom. The molecule has 1 aliphatic carbocycles. The van der Waals surface area contributed by atoms with E-state index in [1.807, 2.05) is 22.9 Å². The molecule has 11 heteroatoms. The highest BCUT2D eigenvalue weighted by molar-refractivity contribution is 6.00. The van der Waals surface area contributed by atoms with E-state index in [0.29, 0.717) is 5.69 Å². The van der Waals surface area contributed by atoms with Crippen LogP contribution in [0.1, 0.15) is 36.0 Å². The number of nitrogens with one attached hydrogen (secondary N) is 2. The molecule has 0 spiro atoms. The van der Waals surface area contributed by atoms with Crippen LogP contribution in [0.4, 0.5) is 21.7 Å². The van der Waals surface area contributed by atoms with E-state index in [2.05, 4.69) is 25.6 Å². The van der Waals surface area contributed by atoms with Gasteiger partial charge in [-0.3, -0.25) is 14.4 Å². The van der Waals surface area contributed by atoms with Crippen molar-refractivity contribution in [3.05, 3.63) is 41.8 Å². The van der Waals surface area contributed by atoms with Crippen LogP contribution in [-0.2, 0) is 11.3 Å². The Balaban J connectivity index is 1.40. The summed E-state index contributed by atoms with van der Waals surface area (Å²) in [6.45, 7) is 4.96. The third-order valence-corrected chi connectivity index (χ3v) is 7.06. The van der Waals surface area contributed by atoms with Gasteiger partial charge in [-0.25, -0.2) is 9.37 Å². The third kappa shape index (κ3) is 5.28. The summed E-state index contributed by atoms with van der Waals surface area (Å²) >= 11 is 0. The standard InChI is InChI=1S/C25H33FN8O2/c26-18-14-16(23(28)35)24(32-25(18)31-21-5-2-1-4-19(21)27)30-20-6-3-7-22-17(20)15-29-34(22)9-8-33-10-12-36-13-11-33/h3,6-7,14-15,19,21H,1-2,4-5,8-13,27H2,(H2,28,35)(H2,30,31,32)/t19-,21?/m0/s1. The molecule has 1 aromatic carbocycles. The summed E-state index contributed by atoms with van der Waals surface area (Å²) in [5.74, 6) is -1.16. The number of rotatable bonds is 8. The number of carbonyl (C=O) groups is 1. The van der Waals surface area contributed by atoms with Crippen molar-refractivity contribution in [2.24, 2.45) is 11.5 Å². The van der Waals surface area contributed by atoms with Crippen molar-refractivity contribution in [2.45, 2.75) is 44.3 Å². The predicted molar refractivity (Wildman–Crippen MR) is 137 cm³/mol. The van der Waals surface area contributed by atoms with Crippen LogP contribution in [0, 0.1) is 5.82 Å². The molecule has 1 aliphatic heterocycles. The molecule has 2 atom stereocenters. The van der Waals surface area contributed by atoms with Crippen molar-refractivity contribution >= 4 is 34.1 Å². The second kappa shape index (κ2) is 10.8. The zero-order chi connectivity index (χ0) is 25.1.